The highest BCUT2D eigenvalue weighted by Gasteiger charge is 2.19. The maximum atomic E-state index is 5.90. The highest BCUT2D eigenvalue weighted by molar-refractivity contribution is 9.10. The predicted molar refractivity (Wildman–Crippen MR) is 106 cm³/mol. The molecule has 1 aromatic heterocycles. The number of aromatic nitrogens is 1. The average molecular weight is 399 g/mol. The van der Waals surface area contributed by atoms with Gasteiger partial charge in [-0.1, -0.05) is 33.6 Å². The molecule has 3 aromatic rings. The van der Waals surface area contributed by atoms with Crippen LogP contribution in [0.25, 0.3) is 10.9 Å². The normalized spacial score (nSPS) is 13.8. The van der Waals surface area contributed by atoms with E-state index in [-0.39, 0.29) is 0 Å². The van der Waals surface area contributed by atoms with Gasteiger partial charge in [-0.2, -0.15) is 0 Å². The lowest BCUT2D eigenvalue weighted by molar-refractivity contribution is 0.301. The molecule has 0 spiro atoms. The average Bonchev–Trinajstić information content (AvgIpc) is 2.92. The second-order valence-electron chi connectivity index (χ2n) is 6.68. The lowest BCUT2D eigenvalue weighted by Crippen LogP contribution is -2.24. The maximum absolute atomic E-state index is 5.90. The van der Waals surface area contributed by atoms with Gasteiger partial charge >= 0.3 is 0 Å². The van der Waals surface area contributed by atoms with E-state index >= 15 is 0 Å². The molecule has 0 saturated heterocycles. The summed E-state index contributed by atoms with van der Waals surface area (Å²) in [4.78, 5) is 0. The zero-order valence-corrected chi connectivity index (χ0v) is 16.1. The first-order valence-electron chi connectivity index (χ1n) is 8.92. The quantitative estimate of drug-likeness (QED) is 0.623. The SMILES string of the molecule is Cc1ccc2c(c1)c1c(n2CCCOc2cccc(Br)c2)CCNC1. The molecule has 0 unspecified atom stereocenters. The van der Waals surface area contributed by atoms with Crippen molar-refractivity contribution in [3.63, 3.8) is 0 Å². The third kappa shape index (κ3) is 3.46. The Morgan fingerprint density at radius 3 is 3.00 bits per heavy atom. The van der Waals surface area contributed by atoms with Crippen molar-refractivity contribution in [3.05, 3.63) is 63.8 Å². The first-order valence-corrected chi connectivity index (χ1v) is 9.71. The summed E-state index contributed by atoms with van der Waals surface area (Å²) in [6.45, 7) is 5.96. The van der Waals surface area contributed by atoms with Crippen LogP contribution < -0.4 is 10.1 Å². The Kier molecular flexibility index (Phi) is 4.82. The van der Waals surface area contributed by atoms with Crippen molar-refractivity contribution in [3.8, 4) is 5.75 Å². The van der Waals surface area contributed by atoms with Crippen LogP contribution >= 0.6 is 15.9 Å². The minimum Gasteiger partial charge on any atom is -0.493 e. The number of fused-ring (bicyclic) bond motifs is 3. The Labute approximate surface area is 157 Å². The van der Waals surface area contributed by atoms with Crippen LogP contribution in [-0.4, -0.2) is 17.7 Å². The van der Waals surface area contributed by atoms with Crippen molar-refractivity contribution in [2.45, 2.75) is 32.9 Å². The molecule has 0 saturated carbocycles. The van der Waals surface area contributed by atoms with E-state index in [9.17, 15) is 0 Å². The lowest BCUT2D eigenvalue weighted by Gasteiger charge is -2.17. The van der Waals surface area contributed by atoms with Crippen LogP contribution in [-0.2, 0) is 19.5 Å². The van der Waals surface area contributed by atoms with Gasteiger partial charge in [0.15, 0.2) is 0 Å². The Morgan fingerprint density at radius 2 is 2.12 bits per heavy atom. The summed E-state index contributed by atoms with van der Waals surface area (Å²) < 4.78 is 9.47. The molecule has 0 aliphatic carbocycles. The zero-order chi connectivity index (χ0) is 17.2. The third-order valence-electron chi connectivity index (χ3n) is 4.87. The van der Waals surface area contributed by atoms with Gasteiger partial charge in [0.25, 0.3) is 0 Å². The number of hydrogen-bond donors (Lipinski definition) is 1. The summed E-state index contributed by atoms with van der Waals surface area (Å²) in [5, 5.41) is 4.93. The lowest BCUT2D eigenvalue weighted by atomic mass is 10.0. The molecule has 1 aliphatic rings. The van der Waals surface area contributed by atoms with Gasteiger partial charge < -0.3 is 14.6 Å². The molecule has 0 fully saturated rings. The standard InChI is InChI=1S/C21H23BrN2O/c1-15-6-7-20-18(12-15)19-14-23-9-8-21(19)24(20)10-3-11-25-17-5-2-4-16(22)13-17/h2,4-7,12-13,23H,3,8-11,14H2,1H3. The van der Waals surface area contributed by atoms with Gasteiger partial charge in [-0.05, 0) is 49.2 Å². The number of nitrogens with zero attached hydrogens (tertiary/aromatic N) is 1. The zero-order valence-electron chi connectivity index (χ0n) is 14.5. The molecular formula is C21H23BrN2O. The fraction of sp³-hybridized carbons (Fsp3) is 0.333. The fourth-order valence-electron chi connectivity index (χ4n) is 3.72. The van der Waals surface area contributed by atoms with E-state index in [2.05, 4.69) is 50.9 Å². The van der Waals surface area contributed by atoms with E-state index in [4.69, 9.17) is 4.74 Å². The van der Waals surface area contributed by atoms with Gasteiger partial charge in [-0.25, -0.2) is 0 Å². The summed E-state index contributed by atoms with van der Waals surface area (Å²) in [7, 11) is 0. The molecule has 4 heteroatoms. The largest absolute Gasteiger partial charge is 0.493 e. The van der Waals surface area contributed by atoms with Gasteiger partial charge in [0.05, 0.1) is 6.61 Å². The van der Waals surface area contributed by atoms with Crippen molar-refractivity contribution in [2.24, 2.45) is 0 Å². The maximum Gasteiger partial charge on any atom is 0.120 e. The molecule has 2 heterocycles. The van der Waals surface area contributed by atoms with Gasteiger partial charge in [0, 0.05) is 47.1 Å². The smallest absolute Gasteiger partial charge is 0.120 e. The minimum absolute atomic E-state index is 0.731. The monoisotopic (exact) mass is 398 g/mol. The number of rotatable bonds is 5. The highest BCUT2D eigenvalue weighted by atomic mass is 79.9. The highest BCUT2D eigenvalue weighted by Crippen LogP contribution is 2.29. The topological polar surface area (TPSA) is 26.2 Å². The number of benzene rings is 2. The number of aryl methyl sites for hydroxylation is 2. The Balaban J connectivity index is 1.51. The van der Waals surface area contributed by atoms with Gasteiger partial charge in [0.2, 0.25) is 0 Å². The minimum atomic E-state index is 0.731. The molecular weight excluding hydrogens is 376 g/mol. The summed E-state index contributed by atoms with van der Waals surface area (Å²) >= 11 is 3.49. The summed E-state index contributed by atoms with van der Waals surface area (Å²) in [6.07, 6.45) is 2.11. The van der Waals surface area contributed by atoms with E-state index in [0.29, 0.717) is 0 Å². The van der Waals surface area contributed by atoms with Crippen LogP contribution in [0.5, 0.6) is 5.75 Å². The van der Waals surface area contributed by atoms with Crippen LogP contribution in [0.15, 0.2) is 46.9 Å². The Morgan fingerprint density at radius 1 is 1.20 bits per heavy atom. The van der Waals surface area contributed by atoms with Gasteiger partial charge in [-0.3, -0.25) is 0 Å². The van der Waals surface area contributed by atoms with Crippen molar-refractivity contribution in [1.29, 1.82) is 0 Å². The van der Waals surface area contributed by atoms with E-state index in [0.717, 1.165) is 49.3 Å². The van der Waals surface area contributed by atoms with Crippen molar-refractivity contribution in [1.82, 2.24) is 9.88 Å². The second-order valence-corrected chi connectivity index (χ2v) is 7.60. The molecule has 3 nitrogen and oxygen atoms in total. The van der Waals surface area contributed by atoms with E-state index < -0.39 is 0 Å². The van der Waals surface area contributed by atoms with Crippen LogP contribution in [0.3, 0.4) is 0 Å². The summed E-state index contributed by atoms with van der Waals surface area (Å²) in [6, 6.07) is 14.9. The third-order valence-corrected chi connectivity index (χ3v) is 5.37. The molecule has 1 aliphatic heterocycles. The first kappa shape index (κ1) is 16.7. The Bertz CT molecular complexity index is 900. The van der Waals surface area contributed by atoms with Crippen molar-refractivity contribution < 1.29 is 4.74 Å². The molecule has 0 bridgehead atoms. The first-order chi connectivity index (χ1) is 12.2. The molecule has 4 rings (SSSR count). The molecule has 0 atom stereocenters. The van der Waals surface area contributed by atoms with Crippen molar-refractivity contribution >= 4 is 26.8 Å². The number of hydrogen-bond acceptors (Lipinski definition) is 2. The molecule has 2 aromatic carbocycles. The van der Waals surface area contributed by atoms with Crippen LogP contribution in [0.2, 0.25) is 0 Å². The van der Waals surface area contributed by atoms with Gasteiger partial charge in [0.1, 0.15) is 5.75 Å². The van der Waals surface area contributed by atoms with Crippen LogP contribution in [0, 0.1) is 6.92 Å². The molecule has 1 N–H and O–H groups in total. The molecule has 0 amide bonds. The molecule has 0 radical (unpaired) electrons. The fourth-order valence-corrected chi connectivity index (χ4v) is 4.10. The predicted octanol–water partition coefficient (Wildman–Crippen LogP) is 4.83. The van der Waals surface area contributed by atoms with E-state index in [1.54, 1.807) is 0 Å². The van der Waals surface area contributed by atoms with Crippen LogP contribution in [0.1, 0.15) is 23.2 Å². The summed E-state index contributed by atoms with van der Waals surface area (Å²) in [5.41, 5.74) is 5.68. The molecule has 130 valence electrons. The van der Waals surface area contributed by atoms with E-state index in [1.807, 2.05) is 24.3 Å². The molecule has 25 heavy (non-hydrogen) atoms. The number of nitrogens with one attached hydrogen (secondary N) is 1. The van der Waals surface area contributed by atoms with Gasteiger partial charge in [-0.15, -0.1) is 0 Å². The second kappa shape index (κ2) is 7.22. The van der Waals surface area contributed by atoms with E-state index in [1.165, 1.54) is 27.7 Å². The number of ether oxygens (including phenoxy) is 1. The number of halogens is 1. The van der Waals surface area contributed by atoms with Crippen LogP contribution in [0.4, 0.5) is 0 Å². The Hall–Kier alpha value is -1.78. The summed E-state index contributed by atoms with van der Waals surface area (Å²) in [5.74, 6) is 0.925. The van der Waals surface area contributed by atoms with Crippen molar-refractivity contribution in [2.75, 3.05) is 13.2 Å².